The third kappa shape index (κ3) is 8.17. The van der Waals surface area contributed by atoms with Crippen LogP contribution in [0.3, 0.4) is 0 Å². The van der Waals surface area contributed by atoms with Gasteiger partial charge in [0.05, 0.1) is 23.3 Å². The number of rotatable bonds is 8. The van der Waals surface area contributed by atoms with E-state index in [1.54, 1.807) is 69.3 Å². The number of alkyl halides is 6. The molecule has 2 aliphatic rings. The monoisotopic (exact) mass is 766 g/mol. The molecule has 2 aromatic carbocycles. The minimum absolute atomic E-state index is 0.0996. The Kier molecular flexibility index (Phi) is 9.60. The maximum absolute atomic E-state index is 13.1. The summed E-state index contributed by atoms with van der Waals surface area (Å²) in [6.07, 6.45) is -4.23. The molecule has 0 saturated heterocycles. The number of nitrogens with one attached hydrogen (secondary N) is 2. The van der Waals surface area contributed by atoms with E-state index in [0.717, 1.165) is 37.8 Å². The van der Waals surface area contributed by atoms with Crippen LogP contribution in [0.1, 0.15) is 98.2 Å². The third-order valence-electron chi connectivity index (χ3n) is 9.04. The van der Waals surface area contributed by atoms with Gasteiger partial charge in [0.15, 0.2) is 11.4 Å². The fraction of sp³-hybridized carbons (Fsp3) is 0.297. The van der Waals surface area contributed by atoms with Crippen molar-refractivity contribution < 1.29 is 45.0 Å². The lowest BCUT2D eigenvalue weighted by Crippen LogP contribution is -2.13. The van der Waals surface area contributed by atoms with E-state index in [1.807, 2.05) is 0 Å². The quantitative estimate of drug-likeness (QED) is 0.146. The predicted octanol–water partition coefficient (Wildman–Crippen LogP) is 8.94. The van der Waals surface area contributed by atoms with Crippen molar-refractivity contribution >= 4 is 23.2 Å². The van der Waals surface area contributed by atoms with Crippen molar-refractivity contribution in [2.45, 2.75) is 70.6 Å². The second kappa shape index (κ2) is 14.2. The topological polar surface area (TPSA) is 146 Å². The van der Waals surface area contributed by atoms with Crippen molar-refractivity contribution in [2.24, 2.45) is 0 Å². The fourth-order valence-electron chi connectivity index (χ4n) is 5.91. The number of nitrogens with zero attached hydrogens (tertiary/aromatic N) is 6. The van der Waals surface area contributed by atoms with Crippen LogP contribution in [0.5, 0.6) is 0 Å². The third-order valence-corrected chi connectivity index (χ3v) is 9.04. The molecule has 4 aromatic heterocycles. The first-order chi connectivity index (χ1) is 26.1. The van der Waals surface area contributed by atoms with Gasteiger partial charge in [-0.05, 0) is 107 Å². The van der Waals surface area contributed by atoms with Gasteiger partial charge in [0.1, 0.15) is 22.6 Å². The summed E-state index contributed by atoms with van der Waals surface area (Å²) < 4.78 is 90.7. The molecule has 4 heterocycles. The number of carbonyl (C=O) groups excluding carboxylic acids is 2. The SMILES string of the molecule is Cc1noc(C)c1C(=O)Nc1ccc(-n2nc(C(F)(F)F)cc2C2CC2)cc1.Cc1oncc1C(=O)Nc1ccc(-n2nc(C(F)(F)F)cc2C2CC2)cc1. The molecule has 6 aromatic rings. The van der Waals surface area contributed by atoms with Crippen molar-refractivity contribution in [3.8, 4) is 11.4 Å². The summed E-state index contributed by atoms with van der Waals surface area (Å²) in [6, 6.07) is 15.2. The van der Waals surface area contributed by atoms with Crippen LogP contribution in [0.4, 0.5) is 37.7 Å². The van der Waals surface area contributed by atoms with Gasteiger partial charge in [0, 0.05) is 34.6 Å². The first-order valence-electron chi connectivity index (χ1n) is 17.1. The smallest absolute Gasteiger partial charge is 0.361 e. The molecular weight excluding hydrogens is 734 g/mol. The zero-order valence-electron chi connectivity index (χ0n) is 29.4. The lowest BCUT2D eigenvalue weighted by molar-refractivity contribution is -0.142. The highest BCUT2D eigenvalue weighted by Crippen LogP contribution is 2.44. The number of aryl methyl sites for hydroxylation is 3. The Morgan fingerprint density at radius 3 is 1.49 bits per heavy atom. The minimum atomic E-state index is -4.49. The summed E-state index contributed by atoms with van der Waals surface area (Å²) in [6.45, 7) is 4.94. The predicted molar refractivity (Wildman–Crippen MR) is 184 cm³/mol. The Bertz CT molecular complexity index is 2330. The molecule has 0 bridgehead atoms. The lowest BCUT2D eigenvalue weighted by atomic mass is 10.2. The lowest BCUT2D eigenvalue weighted by Gasteiger charge is -2.09. The Hall–Kier alpha value is -6.20. The van der Waals surface area contributed by atoms with Crippen LogP contribution in [-0.4, -0.2) is 41.7 Å². The minimum Gasteiger partial charge on any atom is -0.361 e. The Morgan fingerprint density at radius 1 is 0.673 bits per heavy atom. The summed E-state index contributed by atoms with van der Waals surface area (Å²) in [5, 5.41) is 20.2. The standard InChI is InChI=1S/C19H17F3N4O2.C18H15F3N4O2/c1-10-17(11(2)28-25-10)18(27)23-13-5-7-14(8-6-13)26-15(12-3-4-12)9-16(24-26)19(20,21)22;1-10-14(9-22-27-10)17(26)23-12-4-6-13(7-5-12)25-15(11-2-3-11)8-16(24-25)18(19,20)21/h5-9,12H,3-4H2,1-2H3,(H,23,27);4-9,11H,2-3H2,1H3,(H,23,26). The fourth-order valence-corrected chi connectivity index (χ4v) is 5.91. The van der Waals surface area contributed by atoms with Gasteiger partial charge in [0.25, 0.3) is 11.8 Å². The summed E-state index contributed by atoms with van der Waals surface area (Å²) in [5.41, 5.74) is 2.49. The number of hydrogen-bond donors (Lipinski definition) is 2. The number of halogens is 6. The molecule has 2 aliphatic carbocycles. The number of anilines is 2. The molecule has 0 radical (unpaired) electrons. The van der Waals surface area contributed by atoms with Crippen LogP contribution in [0.15, 0.2) is 75.9 Å². The van der Waals surface area contributed by atoms with E-state index in [2.05, 4.69) is 31.1 Å². The van der Waals surface area contributed by atoms with Gasteiger partial charge in [0.2, 0.25) is 0 Å². The number of aromatic nitrogens is 6. The van der Waals surface area contributed by atoms with Gasteiger partial charge < -0.3 is 19.7 Å². The van der Waals surface area contributed by atoms with Crippen molar-refractivity contribution in [1.82, 2.24) is 29.9 Å². The summed E-state index contributed by atoms with van der Waals surface area (Å²) in [7, 11) is 0. The molecule has 2 saturated carbocycles. The van der Waals surface area contributed by atoms with Gasteiger partial charge in [-0.25, -0.2) is 9.36 Å². The van der Waals surface area contributed by atoms with Crippen molar-refractivity contribution in [3.05, 3.63) is 118 Å². The highest BCUT2D eigenvalue weighted by molar-refractivity contribution is 6.06. The zero-order chi connectivity index (χ0) is 39.2. The van der Waals surface area contributed by atoms with Gasteiger partial charge in [-0.2, -0.15) is 36.5 Å². The van der Waals surface area contributed by atoms with E-state index in [-0.39, 0.29) is 23.7 Å². The molecule has 8 rings (SSSR count). The van der Waals surface area contributed by atoms with E-state index in [1.165, 1.54) is 15.6 Å². The zero-order valence-corrected chi connectivity index (χ0v) is 29.4. The molecule has 18 heteroatoms. The van der Waals surface area contributed by atoms with E-state index in [0.29, 0.717) is 62.5 Å². The van der Waals surface area contributed by atoms with Crippen LogP contribution >= 0.6 is 0 Å². The largest absolute Gasteiger partial charge is 0.435 e. The van der Waals surface area contributed by atoms with E-state index in [9.17, 15) is 35.9 Å². The van der Waals surface area contributed by atoms with E-state index in [4.69, 9.17) is 9.05 Å². The molecule has 2 N–H and O–H groups in total. The molecule has 286 valence electrons. The van der Waals surface area contributed by atoms with Gasteiger partial charge in [-0.15, -0.1) is 0 Å². The van der Waals surface area contributed by atoms with Crippen LogP contribution in [-0.2, 0) is 12.4 Å². The van der Waals surface area contributed by atoms with E-state index < -0.39 is 23.7 Å². The normalized spacial score (nSPS) is 14.3. The Labute approximate surface area is 308 Å². The molecule has 0 aliphatic heterocycles. The molecular formula is C37H32F6N8O4. The summed E-state index contributed by atoms with van der Waals surface area (Å²) in [5.74, 6) is 0.276. The summed E-state index contributed by atoms with van der Waals surface area (Å²) >= 11 is 0. The van der Waals surface area contributed by atoms with Gasteiger partial charge >= 0.3 is 12.4 Å². The second-order valence-electron chi connectivity index (χ2n) is 13.3. The van der Waals surface area contributed by atoms with Gasteiger partial charge in [-0.1, -0.05) is 10.3 Å². The van der Waals surface area contributed by atoms with Crippen molar-refractivity contribution in [2.75, 3.05) is 10.6 Å². The molecule has 2 amide bonds. The second-order valence-corrected chi connectivity index (χ2v) is 13.3. The maximum Gasteiger partial charge on any atom is 0.435 e. The molecule has 2 fully saturated rings. The van der Waals surface area contributed by atoms with Crippen LogP contribution in [0.2, 0.25) is 0 Å². The van der Waals surface area contributed by atoms with E-state index >= 15 is 0 Å². The number of benzene rings is 2. The van der Waals surface area contributed by atoms with Crippen molar-refractivity contribution in [1.29, 1.82) is 0 Å². The maximum atomic E-state index is 13.1. The highest BCUT2D eigenvalue weighted by Gasteiger charge is 2.39. The van der Waals surface area contributed by atoms with Crippen LogP contribution in [0.25, 0.3) is 11.4 Å². The molecule has 0 atom stereocenters. The first-order valence-corrected chi connectivity index (χ1v) is 17.1. The Balaban J connectivity index is 0.000000169. The molecule has 12 nitrogen and oxygen atoms in total. The number of hydrogen-bond acceptors (Lipinski definition) is 8. The Morgan fingerprint density at radius 2 is 1.13 bits per heavy atom. The van der Waals surface area contributed by atoms with Crippen LogP contribution in [0, 0.1) is 20.8 Å². The first kappa shape index (κ1) is 37.1. The average Bonchev–Trinajstić information content (AvgIpc) is 3.97. The van der Waals surface area contributed by atoms with Crippen LogP contribution < -0.4 is 10.6 Å². The van der Waals surface area contributed by atoms with Gasteiger partial charge in [-0.3, -0.25) is 9.59 Å². The summed E-state index contributed by atoms with van der Waals surface area (Å²) in [4.78, 5) is 24.5. The molecule has 55 heavy (non-hydrogen) atoms. The average molecular weight is 767 g/mol. The highest BCUT2D eigenvalue weighted by atomic mass is 19.4. The molecule has 0 spiro atoms. The number of carbonyl (C=O) groups is 2. The van der Waals surface area contributed by atoms with Crippen molar-refractivity contribution in [3.63, 3.8) is 0 Å². The molecule has 0 unspecified atom stereocenters. The number of amides is 2.